The predicted molar refractivity (Wildman–Crippen MR) is 79.0 cm³/mol. The van der Waals surface area contributed by atoms with Gasteiger partial charge in [-0.2, -0.15) is 16.7 Å². The van der Waals surface area contributed by atoms with Crippen LogP contribution in [0.25, 0.3) is 0 Å². The molecule has 1 saturated carbocycles. The first-order chi connectivity index (χ1) is 9.31. The van der Waals surface area contributed by atoms with E-state index in [0.717, 1.165) is 35.6 Å². The molecule has 0 aliphatic heterocycles. The third-order valence-electron chi connectivity index (χ3n) is 3.88. The molecule has 5 heteroatoms. The van der Waals surface area contributed by atoms with Crippen molar-refractivity contribution in [2.24, 2.45) is 11.7 Å². The molecule has 2 N–H and O–H groups in total. The first-order valence-electron chi connectivity index (χ1n) is 7.45. The number of nitrogens with zero attached hydrogens (tertiary/aromatic N) is 2. The van der Waals surface area contributed by atoms with Gasteiger partial charge in [-0.1, -0.05) is 37.8 Å². The number of hydrogen-bond acceptors (Lipinski definition) is 5. The molecule has 0 spiro atoms. The van der Waals surface area contributed by atoms with E-state index in [-0.39, 0.29) is 0 Å². The normalized spacial score (nSPS) is 18.6. The van der Waals surface area contributed by atoms with Crippen LogP contribution in [0.3, 0.4) is 0 Å². The standard InChI is InChI=1S/C14H25N3OS/c1-2-11(9-15)8-14-16-13(17-18-14)10-19-12-6-4-3-5-7-12/h11-12H,2-10,15H2,1H3. The van der Waals surface area contributed by atoms with Gasteiger partial charge < -0.3 is 10.3 Å². The van der Waals surface area contributed by atoms with Gasteiger partial charge in [0.15, 0.2) is 5.82 Å². The summed E-state index contributed by atoms with van der Waals surface area (Å²) in [6.45, 7) is 2.83. The van der Waals surface area contributed by atoms with Crippen molar-refractivity contribution in [2.75, 3.05) is 6.54 Å². The average Bonchev–Trinajstić information content (AvgIpc) is 2.91. The molecule has 19 heavy (non-hydrogen) atoms. The molecule has 1 aromatic rings. The molecule has 0 bridgehead atoms. The number of thioether (sulfide) groups is 1. The van der Waals surface area contributed by atoms with E-state index in [2.05, 4.69) is 17.1 Å². The number of nitrogens with two attached hydrogens (primary N) is 1. The molecule has 1 fully saturated rings. The second-order valence-electron chi connectivity index (χ2n) is 5.39. The molecule has 0 radical (unpaired) electrons. The van der Waals surface area contributed by atoms with Gasteiger partial charge in [0, 0.05) is 11.7 Å². The van der Waals surface area contributed by atoms with Crippen LogP contribution in [0.2, 0.25) is 0 Å². The van der Waals surface area contributed by atoms with Crippen LogP contribution in [-0.2, 0) is 12.2 Å². The Kier molecular flexibility index (Phi) is 6.17. The summed E-state index contributed by atoms with van der Waals surface area (Å²) in [5.41, 5.74) is 5.70. The minimum absolute atomic E-state index is 0.458. The highest BCUT2D eigenvalue weighted by atomic mass is 32.2. The largest absolute Gasteiger partial charge is 0.339 e. The van der Waals surface area contributed by atoms with E-state index in [0.29, 0.717) is 12.5 Å². The van der Waals surface area contributed by atoms with Crippen molar-refractivity contribution >= 4 is 11.8 Å². The Bertz CT molecular complexity index is 359. The van der Waals surface area contributed by atoms with Gasteiger partial charge in [-0.25, -0.2) is 0 Å². The zero-order valence-electron chi connectivity index (χ0n) is 11.8. The third kappa shape index (κ3) is 4.80. The molecular weight excluding hydrogens is 258 g/mol. The summed E-state index contributed by atoms with van der Waals surface area (Å²) >= 11 is 1.98. The van der Waals surface area contributed by atoms with Crippen molar-refractivity contribution in [1.29, 1.82) is 0 Å². The lowest BCUT2D eigenvalue weighted by Crippen LogP contribution is -2.16. The molecule has 108 valence electrons. The molecule has 1 atom stereocenters. The molecule has 0 saturated heterocycles. The Morgan fingerprint density at radius 2 is 2.16 bits per heavy atom. The monoisotopic (exact) mass is 283 g/mol. The van der Waals surface area contributed by atoms with Crippen LogP contribution in [0.1, 0.15) is 57.2 Å². The maximum absolute atomic E-state index is 5.70. The molecule has 1 aliphatic rings. The smallest absolute Gasteiger partial charge is 0.226 e. The Morgan fingerprint density at radius 1 is 1.37 bits per heavy atom. The maximum Gasteiger partial charge on any atom is 0.226 e. The van der Waals surface area contributed by atoms with Crippen molar-refractivity contribution in [2.45, 2.75) is 62.9 Å². The van der Waals surface area contributed by atoms with Crippen LogP contribution in [0.4, 0.5) is 0 Å². The molecule has 0 amide bonds. The highest BCUT2D eigenvalue weighted by Gasteiger charge is 2.16. The Labute approximate surface area is 119 Å². The van der Waals surface area contributed by atoms with Gasteiger partial charge in [0.25, 0.3) is 0 Å². The summed E-state index contributed by atoms with van der Waals surface area (Å²) in [6, 6.07) is 0. The molecular formula is C14H25N3OS. The number of hydrogen-bond donors (Lipinski definition) is 1. The third-order valence-corrected chi connectivity index (χ3v) is 5.25. The predicted octanol–water partition coefficient (Wildman–Crippen LogP) is 3.16. The van der Waals surface area contributed by atoms with E-state index in [1.807, 2.05) is 11.8 Å². The highest BCUT2D eigenvalue weighted by Crippen LogP contribution is 2.29. The zero-order valence-corrected chi connectivity index (χ0v) is 12.6. The van der Waals surface area contributed by atoms with Crippen LogP contribution in [0, 0.1) is 5.92 Å². The minimum Gasteiger partial charge on any atom is -0.339 e. The summed E-state index contributed by atoms with van der Waals surface area (Å²) in [5.74, 6) is 2.93. The first-order valence-corrected chi connectivity index (χ1v) is 8.49. The fourth-order valence-corrected chi connectivity index (χ4v) is 3.67. The van der Waals surface area contributed by atoms with Crippen molar-refractivity contribution in [1.82, 2.24) is 10.1 Å². The van der Waals surface area contributed by atoms with Crippen molar-refractivity contribution in [3.63, 3.8) is 0 Å². The molecule has 1 heterocycles. The van der Waals surface area contributed by atoms with Crippen LogP contribution >= 0.6 is 11.8 Å². The molecule has 0 aromatic carbocycles. The van der Waals surface area contributed by atoms with Gasteiger partial charge >= 0.3 is 0 Å². The van der Waals surface area contributed by atoms with Gasteiger partial charge in [-0.15, -0.1) is 0 Å². The summed E-state index contributed by atoms with van der Waals surface area (Å²) in [5, 5.41) is 4.87. The van der Waals surface area contributed by atoms with Crippen LogP contribution < -0.4 is 5.73 Å². The van der Waals surface area contributed by atoms with Crippen LogP contribution in [0.15, 0.2) is 4.52 Å². The van der Waals surface area contributed by atoms with E-state index in [4.69, 9.17) is 10.3 Å². The zero-order chi connectivity index (χ0) is 13.5. The first kappa shape index (κ1) is 14.9. The lowest BCUT2D eigenvalue weighted by atomic mass is 10.0. The topological polar surface area (TPSA) is 64.9 Å². The summed E-state index contributed by atoms with van der Waals surface area (Å²) in [7, 11) is 0. The Hall–Kier alpha value is -0.550. The Morgan fingerprint density at radius 3 is 2.84 bits per heavy atom. The minimum atomic E-state index is 0.458. The second kappa shape index (κ2) is 7.90. The lowest BCUT2D eigenvalue weighted by molar-refractivity contribution is 0.348. The molecule has 1 unspecified atom stereocenters. The van der Waals surface area contributed by atoms with Gasteiger partial charge in [-0.05, 0) is 25.3 Å². The van der Waals surface area contributed by atoms with E-state index in [9.17, 15) is 0 Å². The maximum atomic E-state index is 5.70. The van der Waals surface area contributed by atoms with E-state index < -0.39 is 0 Å². The van der Waals surface area contributed by atoms with Crippen LogP contribution in [-0.4, -0.2) is 21.9 Å². The van der Waals surface area contributed by atoms with Gasteiger partial charge in [-0.3, -0.25) is 0 Å². The molecule has 1 aromatic heterocycles. The van der Waals surface area contributed by atoms with Crippen molar-refractivity contribution in [3.8, 4) is 0 Å². The van der Waals surface area contributed by atoms with Gasteiger partial charge in [0.2, 0.25) is 5.89 Å². The van der Waals surface area contributed by atoms with E-state index >= 15 is 0 Å². The molecule has 4 nitrogen and oxygen atoms in total. The van der Waals surface area contributed by atoms with Gasteiger partial charge in [0.1, 0.15) is 0 Å². The van der Waals surface area contributed by atoms with Crippen molar-refractivity contribution in [3.05, 3.63) is 11.7 Å². The Balaban J connectivity index is 1.76. The summed E-state index contributed by atoms with van der Waals surface area (Å²) in [4.78, 5) is 4.48. The fraction of sp³-hybridized carbons (Fsp3) is 0.857. The average molecular weight is 283 g/mol. The van der Waals surface area contributed by atoms with Crippen LogP contribution in [0.5, 0.6) is 0 Å². The highest BCUT2D eigenvalue weighted by molar-refractivity contribution is 7.99. The van der Waals surface area contributed by atoms with E-state index in [1.165, 1.54) is 32.1 Å². The fourth-order valence-electron chi connectivity index (χ4n) is 2.50. The second-order valence-corrected chi connectivity index (χ2v) is 6.68. The number of aromatic nitrogens is 2. The molecule has 1 aliphatic carbocycles. The summed E-state index contributed by atoms with van der Waals surface area (Å²) < 4.78 is 5.31. The quantitative estimate of drug-likeness (QED) is 0.832. The summed E-state index contributed by atoms with van der Waals surface area (Å²) in [6.07, 6.45) is 8.73. The van der Waals surface area contributed by atoms with Crippen molar-refractivity contribution < 1.29 is 4.52 Å². The number of rotatable bonds is 7. The van der Waals surface area contributed by atoms with E-state index in [1.54, 1.807) is 0 Å². The SMILES string of the molecule is CCC(CN)Cc1nc(CSC2CCCCC2)no1. The molecule has 2 rings (SSSR count). The lowest BCUT2D eigenvalue weighted by Gasteiger charge is -2.19. The van der Waals surface area contributed by atoms with Gasteiger partial charge in [0.05, 0.1) is 5.75 Å².